The van der Waals surface area contributed by atoms with Crippen molar-refractivity contribution in [2.45, 2.75) is 58.5 Å². The van der Waals surface area contributed by atoms with Gasteiger partial charge in [0.2, 0.25) is 0 Å². The summed E-state index contributed by atoms with van der Waals surface area (Å²) in [7, 11) is 1.68. The minimum atomic E-state index is -0.145. The molecule has 0 radical (unpaired) electrons. The van der Waals surface area contributed by atoms with E-state index in [0.29, 0.717) is 11.3 Å². The number of rotatable bonds is 5. The van der Waals surface area contributed by atoms with E-state index in [0.717, 1.165) is 18.6 Å². The van der Waals surface area contributed by atoms with Crippen LogP contribution in [0.4, 0.5) is 0 Å². The van der Waals surface area contributed by atoms with Crippen LogP contribution in [0, 0.1) is 11.3 Å². The summed E-state index contributed by atoms with van der Waals surface area (Å²) in [5.41, 5.74) is 1.76. The van der Waals surface area contributed by atoms with E-state index in [2.05, 4.69) is 26.0 Å². The molecule has 1 saturated carbocycles. The Bertz CT molecular complexity index is 398. The maximum atomic E-state index is 10.4. The topological polar surface area (TPSA) is 29.5 Å². The van der Waals surface area contributed by atoms with Crippen LogP contribution in [0.15, 0.2) is 24.3 Å². The molecule has 112 valence electrons. The van der Waals surface area contributed by atoms with E-state index >= 15 is 0 Å². The van der Waals surface area contributed by atoms with Crippen molar-refractivity contribution < 1.29 is 9.84 Å². The standard InChI is InChI=1S/C18H28O2/c1-18(2)12-10-15(11-13-18)17(19)9-6-14-4-7-16(20-3)8-5-14/h4-5,7-8,15,17,19H,6,9-13H2,1-3H3. The van der Waals surface area contributed by atoms with Gasteiger partial charge >= 0.3 is 0 Å². The van der Waals surface area contributed by atoms with Crippen molar-refractivity contribution in [2.75, 3.05) is 7.11 Å². The number of aryl methyl sites for hydroxylation is 1. The van der Waals surface area contributed by atoms with Gasteiger partial charge in [0.1, 0.15) is 5.75 Å². The molecule has 2 rings (SSSR count). The Balaban J connectivity index is 1.78. The van der Waals surface area contributed by atoms with Crippen molar-refractivity contribution in [3.8, 4) is 5.75 Å². The number of ether oxygens (including phenoxy) is 1. The molecule has 1 aliphatic carbocycles. The maximum Gasteiger partial charge on any atom is 0.118 e. The third-order valence-corrected chi connectivity index (χ3v) is 4.82. The zero-order valence-corrected chi connectivity index (χ0v) is 13.1. The highest BCUT2D eigenvalue weighted by molar-refractivity contribution is 5.27. The van der Waals surface area contributed by atoms with Crippen LogP contribution in [0.3, 0.4) is 0 Å². The average Bonchev–Trinajstić information content (AvgIpc) is 2.45. The monoisotopic (exact) mass is 276 g/mol. The number of hydrogen-bond donors (Lipinski definition) is 1. The van der Waals surface area contributed by atoms with Gasteiger partial charge in [0.25, 0.3) is 0 Å². The predicted molar refractivity (Wildman–Crippen MR) is 83.1 cm³/mol. The summed E-state index contributed by atoms with van der Waals surface area (Å²) in [5.74, 6) is 1.39. The van der Waals surface area contributed by atoms with E-state index in [1.165, 1.54) is 31.2 Å². The summed E-state index contributed by atoms with van der Waals surface area (Å²) < 4.78 is 5.16. The fraction of sp³-hybridized carbons (Fsp3) is 0.667. The quantitative estimate of drug-likeness (QED) is 0.873. The molecule has 1 fully saturated rings. The Morgan fingerprint density at radius 3 is 2.35 bits per heavy atom. The highest BCUT2D eigenvalue weighted by Gasteiger charge is 2.30. The molecule has 0 amide bonds. The van der Waals surface area contributed by atoms with Gasteiger partial charge in [0, 0.05) is 0 Å². The SMILES string of the molecule is COc1ccc(CCC(O)C2CCC(C)(C)CC2)cc1. The first kappa shape index (κ1) is 15.4. The second kappa shape index (κ2) is 6.62. The molecule has 20 heavy (non-hydrogen) atoms. The van der Waals surface area contributed by atoms with Crippen molar-refractivity contribution in [1.29, 1.82) is 0 Å². The van der Waals surface area contributed by atoms with Crippen molar-refractivity contribution in [2.24, 2.45) is 11.3 Å². The van der Waals surface area contributed by atoms with Crippen molar-refractivity contribution in [3.05, 3.63) is 29.8 Å². The Labute approximate surface area is 123 Å². The lowest BCUT2D eigenvalue weighted by Crippen LogP contribution is -2.29. The van der Waals surface area contributed by atoms with Gasteiger partial charge in [-0.2, -0.15) is 0 Å². The second-order valence-corrected chi connectivity index (χ2v) is 6.96. The maximum absolute atomic E-state index is 10.4. The van der Waals surface area contributed by atoms with E-state index in [4.69, 9.17) is 4.74 Å². The molecule has 1 aliphatic rings. The molecule has 1 aromatic carbocycles. The highest BCUT2D eigenvalue weighted by atomic mass is 16.5. The molecule has 2 heteroatoms. The lowest BCUT2D eigenvalue weighted by Gasteiger charge is -2.36. The summed E-state index contributed by atoms with van der Waals surface area (Å²) >= 11 is 0. The Morgan fingerprint density at radius 2 is 1.80 bits per heavy atom. The molecule has 0 aromatic heterocycles. The minimum Gasteiger partial charge on any atom is -0.497 e. The van der Waals surface area contributed by atoms with Crippen LogP contribution >= 0.6 is 0 Å². The minimum absolute atomic E-state index is 0.145. The van der Waals surface area contributed by atoms with Gasteiger partial charge in [0.15, 0.2) is 0 Å². The van der Waals surface area contributed by atoms with Gasteiger partial charge in [-0.15, -0.1) is 0 Å². The summed E-state index contributed by atoms with van der Waals surface area (Å²) in [4.78, 5) is 0. The van der Waals surface area contributed by atoms with Crippen LogP contribution < -0.4 is 4.74 Å². The van der Waals surface area contributed by atoms with Gasteiger partial charge in [-0.1, -0.05) is 26.0 Å². The number of methoxy groups -OCH3 is 1. The first-order valence-corrected chi connectivity index (χ1v) is 7.81. The highest BCUT2D eigenvalue weighted by Crippen LogP contribution is 2.39. The number of aliphatic hydroxyl groups is 1. The lowest BCUT2D eigenvalue weighted by atomic mass is 9.71. The second-order valence-electron chi connectivity index (χ2n) is 6.96. The first-order chi connectivity index (χ1) is 9.50. The smallest absolute Gasteiger partial charge is 0.118 e. The summed E-state index contributed by atoms with van der Waals surface area (Å²) in [6.45, 7) is 4.68. The molecule has 0 saturated heterocycles. The number of hydrogen-bond acceptors (Lipinski definition) is 2. The molecule has 1 atom stereocenters. The van der Waals surface area contributed by atoms with E-state index in [9.17, 15) is 5.11 Å². The summed E-state index contributed by atoms with van der Waals surface area (Å²) in [6, 6.07) is 8.17. The fourth-order valence-electron chi connectivity index (χ4n) is 3.15. The van der Waals surface area contributed by atoms with Crippen molar-refractivity contribution in [1.82, 2.24) is 0 Å². The molecule has 0 spiro atoms. The van der Waals surface area contributed by atoms with Crippen LogP contribution in [0.1, 0.15) is 51.5 Å². The molecule has 1 N–H and O–H groups in total. The molecular formula is C18H28O2. The molecule has 0 aliphatic heterocycles. The van der Waals surface area contributed by atoms with Crippen LogP contribution in [-0.4, -0.2) is 18.3 Å². The average molecular weight is 276 g/mol. The van der Waals surface area contributed by atoms with Crippen LogP contribution in [0.25, 0.3) is 0 Å². The van der Waals surface area contributed by atoms with Gasteiger partial charge in [0.05, 0.1) is 13.2 Å². The predicted octanol–water partition coefficient (Wildman–Crippen LogP) is 4.21. The lowest BCUT2D eigenvalue weighted by molar-refractivity contribution is 0.0518. The molecule has 0 bridgehead atoms. The molecule has 0 heterocycles. The summed E-state index contributed by atoms with van der Waals surface area (Å²) in [6.07, 6.45) is 6.53. The van der Waals surface area contributed by atoms with Crippen LogP contribution in [-0.2, 0) is 6.42 Å². The third kappa shape index (κ3) is 4.24. The van der Waals surface area contributed by atoms with Gasteiger partial charge in [-0.3, -0.25) is 0 Å². The zero-order valence-electron chi connectivity index (χ0n) is 13.1. The molecule has 2 nitrogen and oxygen atoms in total. The third-order valence-electron chi connectivity index (χ3n) is 4.82. The van der Waals surface area contributed by atoms with Crippen molar-refractivity contribution in [3.63, 3.8) is 0 Å². The molecular weight excluding hydrogens is 248 g/mol. The van der Waals surface area contributed by atoms with Gasteiger partial charge < -0.3 is 9.84 Å². The summed E-state index contributed by atoms with van der Waals surface area (Å²) in [5, 5.41) is 10.4. The van der Waals surface area contributed by atoms with E-state index in [1.54, 1.807) is 7.11 Å². The first-order valence-electron chi connectivity index (χ1n) is 7.81. The fourth-order valence-corrected chi connectivity index (χ4v) is 3.15. The zero-order chi connectivity index (χ0) is 14.6. The molecule has 1 unspecified atom stereocenters. The van der Waals surface area contributed by atoms with Crippen LogP contribution in [0.5, 0.6) is 5.75 Å². The van der Waals surface area contributed by atoms with E-state index in [-0.39, 0.29) is 6.10 Å². The van der Waals surface area contributed by atoms with Gasteiger partial charge in [-0.05, 0) is 67.6 Å². The molecule has 1 aromatic rings. The van der Waals surface area contributed by atoms with Gasteiger partial charge in [-0.25, -0.2) is 0 Å². The van der Waals surface area contributed by atoms with Crippen LogP contribution in [0.2, 0.25) is 0 Å². The Hall–Kier alpha value is -1.02. The normalized spacial score (nSPS) is 20.6. The Kier molecular flexibility index (Phi) is 5.09. The van der Waals surface area contributed by atoms with E-state index < -0.39 is 0 Å². The largest absolute Gasteiger partial charge is 0.497 e. The van der Waals surface area contributed by atoms with Crippen molar-refractivity contribution >= 4 is 0 Å². The number of aliphatic hydroxyl groups excluding tert-OH is 1. The number of benzene rings is 1. The van der Waals surface area contributed by atoms with E-state index in [1.807, 2.05) is 12.1 Å². The Morgan fingerprint density at radius 1 is 1.20 bits per heavy atom.